The third-order valence-electron chi connectivity index (χ3n) is 2.89. The molecule has 0 amide bonds. The Morgan fingerprint density at radius 3 is 2.68 bits per heavy atom. The van der Waals surface area contributed by atoms with Gasteiger partial charge in [-0.25, -0.2) is 9.97 Å². The Balaban J connectivity index is 1.95. The third kappa shape index (κ3) is 2.44. The van der Waals surface area contributed by atoms with Crippen LogP contribution in [0.1, 0.15) is 5.56 Å². The standard InChI is InChI=1S/C14H13N5/c15-14-7-12(3-6-18-14)13-8-17-10-19(13)9-11-1-4-16-5-2-11/h1-8,10H,9H2,(H2,15,18). The topological polar surface area (TPSA) is 69.6 Å². The molecule has 0 fully saturated rings. The van der Waals surface area contributed by atoms with Crippen LogP contribution in [0, 0.1) is 0 Å². The summed E-state index contributed by atoms with van der Waals surface area (Å²) in [5.41, 5.74) is 8.93. The van der Waals surface area contributed by atoms with Gasteiger partial charge in [-0.05, 0) is 29.8 Å². The average molecular weight is 251 g/mol. The molecule has 0 saturated carbocycles. The normalized spacial score (nSPS) is 10.5. The fourth-order valence-electron chi connectivity index (χ4n) is 1.98. The first-order valence-corrected chi connectivity index (χ1v) is 5.94. The predicted octanol–water partition coefficient (Wildman–Crippen LogP) is 1.97. The van der Waals surface area contributed by atoms with Crippen LogP contribution in [-0.2, 0) is 6.54 Å². The van der Waals surface area contributed by atoms with E-state index in [-0.39, 0.29) is 0 Å². The minimum atomic E-state index is 0.508. The monoisotopic (exact) mass is 251 g/mol. The molecule has 94 valence electrons. The highest BCUT2D eigenvalue weighted by Gasteiger charge is 2.06. The van der Waals surface area contributed by atoms with Gasteiger partial charge < -0.3 is 10.3 Å². The van der Waals surface area contributed by atoms with Crippen LogP contribution in [0.5, 0.6) is 0 Å². The molecule has 3 aromatic rings. The van der Waals surface area contributed by atoms with Crippen molar-refractivity contribution in [1.29, 1.82) is 0 Å². The number of nitrogens with zero attached hydrogens (tertiary/aromatic N) is 4. The minimum Gasteiger partial charge on any atom is -0.384 e. The minimum absolute atomic E-state index is 0.508. The molecule has 0 aliphatic heterocycles. The molecule has 0 aromatic carbocycles. The fraction of sp³-hybridized carbons (Fsp3) is 0.0714. The molecule has 3 rings (SSSR count). The van der Waals surface area contributed by atoms with Gasteiger partial charge in [0.25, 0.3) is 0 Å². The highest BCUT2D eigenvalue weighted by atomic mass is 15.0. The summed E-state index contributed by atoms with van der Waals surface area (Å²) in [4.78, 5) is 12.2. The predicted molar refractivity (Wildman–Crippen MR) is 73.2 cm³/mol. The first-order valence-electron chi connectivity index (χ1n) is 5.94. The van der Waals surface area contributed by atoms with Crippen molar-refractivity contribution < 1.29 is 0 Å². The molecule has 2 N–H and O–H groups in total. The van der Waals surface area contributed by atoms with Crippen molar-refractivity contribution in [1.82, 2.24) is 19.5 Å². The molecule has 0 saturated heterocycles. The Bertz CT molecular complexity index is 675. The molecule has 5 nitrogen and oxygen atoms in total. The van der Waals surface area contributed by atoms with E-state index in [1.54, 1.807) is 18.6 Å². The highest BCUT2D eigenvalue weighted by Crippen LogP contribution is 2.20. The molecular weight excluding hydrogens is 238 g/mol. The number of hydrogen-bond acceptors (Lipinski definition) is 4. The summed E-state index contributed by atoms with van der Waals surface area (Å²) in [7, 11) is 0. The zero-order valence-corrected chi connectivity index (χ0v) is 10.3. The molecule has 19 heavy (non-hydrogen) atoms. The Kier molecular flexibility index (Phi) is 2.94. The summed E-state index contributed by atoms with van der Waals surface area (Å²) in [6, 6.07) is 7.76. The molecule has 5 heteroatoms. The van der Waals surface area contributed by atoms with Crippen LogP contribution in [0.15, 0.2) is 55.4 Å². The Labute approximate surface area is 110 Å². The smallest absolute Gasteiger partial charge is 0.123 e. The van der Waals surface area contributed by atoms with Gasteiger partial charge in [0.05, 0.1) is 18.2 Å². The van der Waals surface area contributed by atoms with Gasteiger partial charge in [0.1, 0.15) is 5.82 Å². The zero-order valence-electron chi connectivity index (χ0n) is 10.3. The van der Waals surface area contributed by atoms with Gasteiger partial charge in [-0.15, -0.1) is 0 Å². The van der Waals surface area contributed by atoms with Crippen LogP contribution >= 0.6 is 0 Å². The van der Waals surface area contributed by atoms with Crippen LogP contribution in [-0.4, -0.2) is 19.5 Å². The molecule has 0 aliphatic carbocycles. The fourth-order valence-corrected chi connectivity index (χ4v) is 1.98. The Hall–Kier alpha value is -2.69. The van der Waals surface area contributed by atoms with Gasteiger partial charge in [-0.2, -0.15) is 0 Å². The lowest BCUT2D eigenvalue weighted by atomic mass is 10.2. The molecule has 0 radical (unpaired) electrons. The molecule has 0 atom stereocenters. The second-order valence-corrected chi connectivity index (χ2v) is 4.23. The van der Waals surface area contributed by atoms with Crippen LogP contribution in [0.25, 0.3) is 11.3 Å². The summed E-state index contributed by atoms with van der Waals surface area (Å²) in [6.45, 7) is 0.750. The Morgan fingerprint density at radius 1 is 1.05 bits per heavy atom. The van der Waals surface area contributed by atoms with Crippen LogP contribution in [0.3, 0.4) is 0 Å². The van der Waals surface area contributed by atoms with Gasteiger partial charge in [-0.1, -0.05) is 0 Å². The van der Waals surface area contributed by atoms with Crippen molar-refractivity contribution >= 4 is 5.82 Å². The SMILES string of the molecule is Nc1cc(-c2cncn2Cc2ccncc2)ccn1. The maximum absolute atomic E-state index is 5.72. The maximum atomic E-state index is 5.72. The van der Waals surface area contributed by atoms with Crippen molar-refractivity contribution in [2.45, 2.75) is 6.54 Å². The number of pyridine rings is 2. The van der Waals surface area contributed by atoms with Gasteiger partial charge in [0.2, 0.25) is 0 Å². The molecule has 0 spiro atoms. The zero-order chi connectivity index (χ0) is 13.1. The maximum Gasteiger partial charge on any atom is 0.123 e. The van der Waals surface area contributed by atoms with Crippen molar-refractivity contribution in [3.63, 3.8) is 0 Å². The number of hydrogen-bond donors (Lipinski definition) is 1. The molecule has 0 unspecified atom stereocenters. The molecular formula is C14H13N5. The summed E-state index contributed by atoms with van der Waals surface area (Å²) in [6.07, 6.45) is 8.92. The van der Waals surface area contributed by atoms with E-state index in [0.29, 0.717) is 5.82 Å². The lowest BCUT2D eigenvalue weighted by Crippen LogP contribution is -2.01. The van der Waals surface area contributed by atoms with Crippen LogP contribution < -0.4 is 5.73 Å². The first kappa shape index (κ1) is 11.4. The van der Waals surface area contributed by atoms with E-state index in [9.17, 15) is 0 Å². The summed E-state index contributed by atoms with van der Waals surface area (Å²) in [5, 5.41) is 0. The second kappa shape index (κ2) is 4.89. The molecule has 0 bridgehead atoms. The number of rotatable bonds is 3. The lowest BCUT2D eigenvalue weighted by molar-refractivity contribution is 0.803. The molecule has 3 aromatic heterocycles. The number of anilines is 1. The summed E-state index contributed by atoms with van der Waals surface area (Å²) < 4.78 is 2.07. The van der Waals surface area contributed by atoms with E-state index < -0.39 is 0 Å². The second-order valence-electron chi connectivity index (χ2n) is 4.23. The van der Waals surface area contributed by atoms with Crippen molar-refractivity contribution in [2.75, 3.05) is 5.73 Å². The van der Waals surface area contributed by atoms with Gasteiger partial charge in [-0.3, -0.25) is 4.98 Å². The van der Waals surface area contributed by atoms with Crippen LogP contribution in [0.4, 0.5) is 5.82 Å². The molecule has 0 aliphatic rings. The van der Waals surface area contributed by atoms with E-state index in [1.807, 2.05) is 36.8 Å². The van der Waals surface area contributed by atoms with Crippen molar-refractivity contribution in [3.05, 3.63) is 60.9 Å². The first-order chi connectivity index (χ1) is 9.33. The van der Waals surface area contributed by atoms with Crippen molar-refractivity contribution in [2.24, 2.45) is 0 Å². The largest absolute Gasteiger partial charge is 0.384 e. The number of nitrogen functional groups attached to an aromatic ring is 1. The average Bonchev–Trinajstić information content (AvgIpc) is 2.88. The van der Waals surface area contributed by atoms with E-state index in [2.05, 4.69) is 19.5 Å². The van der Waals surface area contributed by atoms with Crippen LogP contribution in [0.2, 0.25) is 0 Å². The van der Waals surface area contributed by atoms with E-state index in [4.69, 9.17) is 5.73 Å². The van der Waals surface area contributed by atoms with E-state index in [1.165, 1.54) is 5.56 Å². The van der Waals surface area contributed by atoms with Gasteiger partial charge >= 0.3 is 0 Å². The van der Waals surface area contributed by atoms with Gasteiger partial charge in [0, 0.05) is 30.7 Å². The quantitative estimate of drug-likeness (QED) is 0.772. The van der Waals surface area contributed by atoms with E-state index in [0.717, 1.165) is 17.8 Å². The molecule has 3 heterocycles. The van der Waals surface area contributed by atoms with E-state index >= 15 is 0 Å². The number of nitrogens with two attached hydrogens (primary N) is 1. The highest BCUT2D eigenvalue weighted by molar-refractivity contribution is 5.61. The third-order valence-corrected chi connectivity index (χ3v) is 2.89. The van der Waals surface area contributed by atoms with Gasteiger partial charge in [0.15, 0.2) is 0 Å². The number of imidazole rings is 1. The summed E-state index contributed by atoms with van der Waals surface area (Å²) >= 11 is 0. The summed E-state index contributed by atoms with van der Waals surface area (Å²) in [5.74, 6) is 0.508. The number of aromatic nitrogens is 4. The van der Waals surface area contributed by atoms with Crippen molar-refractivity contribution in [3.8, 4) is 11.3 Å². The lowest BCUT2D eigenvalue weighted by Gasteiger charge is -2.08. The Morgan fingerprint density at radius 2 is 1.89 bits per heavy atom.